The van der Waals surface area contributed by atoms with Crippen molar-refractivity contribution in [2.24, 2.45) is 5.73 Å². The van der Waals surface area contributed by atoms with Crippen LogP contribution in [0.3, 0.4) is 0 Å². The molecule has 3 N–H and O–H groups in total. The van der Waals surface area contributed by atoms with Gasteiger partial charge in [-0.05, 0) is 41.5 Å². The molecule has 0 spiro atoms. The Bertz CT molecular complexity index is 623. The van der Waals surface area contributed by atoms with Gasteiger partial charge >= 0.3 is 5.97 Å². The maximum absolute atomic E-state index is 11.2. The molecule has 0 heterocycles. The van der Waals surface area contributed by atoms with Gasteiger partial charge in [0.2, 0.25) is 0 Å². The van der Waals surface area contributed by atoms with Crippen molar-refractivity contribution in [1.29, 1.82) is 0 Å². The minimum Gasteiger partial charge on any atom is -0.480 e. The molecule has 3 nitrogen and oxygen atoms in total. The molecular formula is C19H23NO2. The Hall–Kier alpha value is -2.13. The molecular weight excluding hydrogens is 274 g/mol. The van der Waals surface area contributed by atoms with Gasteiger partial charge in [-0.3, -0.25) is 4.79 Å². The lowest BCUT2D eigenvalue weighted by molar-refractivity contribution is -0.138. The van der Waals surface area contributed by atoms with Crippen LogP contribution >= 0.6 is 0 Å². The molecule has 0 radical (unpaired) electrons. The zero-order chi connectivity index (χ0) is 15.9. The molecule has 0 aliphatic rings. The SMILES string of the molecule is CCCCc1cccc(-c2ccccc2)c1CC(N)C(=O)O. The second-order valence-electron chi connectivity index (χ2n) is 5.56. The number of hydrogen-bond acceptors (Lipinski definition) is 2. The van der Waals surface area contributed by atoms with E-state index >= 15 is 0 Å². The third kappa shape index (κ3) is 3.95. The standard InChI is InChI=1S/C19H23NO2/c1-2-3-8-15-11-7-12-16(14-9-5-4-6-10-14)17(15)13-18(20)19(21)22/h4-7,9-12,18H,2-3,8,13,20H2,1H3,(H,21,22). The van der Waals surface area contributed by atoms with Crippen LogP contribution in [-0.2, 0) is 17.6 Å². The van der Waals surface area contributed by atoms with Crippen molar-refractivity contribution in [2.75, 3.05) is 0 Å². The topological polar surface area (TPSA) is 63.3 Å². The number of rotatable bonds is 7. The van der Waals surface area contributed by atoms with Crippen molar-refractivity contribution < 1.29 is 9.90 Å². The van der Waals surface area contributed by atoms with Crippen molar-refractivity contribution in [1.82, 2.24) is 0 Å². The molecule has 0 aromatic heterocycles. The molecule has 0 bridgehead atoms. The van der Waals surface area contributed by atoms with E-state index in [9.17, 15) is 4.79 Å². The van der Waals surface area contributed by atoms with E-state index in [4.69, 9.17) is 10.8 Å². The maximum Gasteiger partial charge on any atom is 0.320 e. The zero-order valence-electron chi connectivity index (χ0n) is 13.0. The van der Waals surface area contributed by atoms with Crippen LogP contribution in [0.15, 0.2) is 48.5 Å². The average Bonchev–Trinajstić information content (AvgIpc) is 2.54. The molecule has 0 aliphatic heterocycles. The molecule has 1 atom stereocenters. The van der Waals surface area contributed by atoms with E-state index in [2.05, 4.69) is 31.2 Å². The highest BCUT2D eigenvalue weighted by atomic mass is 16.4. The highest BCUT2D eigenvalue weighted by Gasteiger charge is 2.17. The van der Waals surface area contributed by atoms with Gasteiger partial charge in [0, 0.05) is 0 Å². The van der Waals surface area contributed by atoms with Crippen LogP contribution in [0, 0.1) is 0 Å². The lowest BCUT2D eigenvalue weighted by Gasteiger charge is -2.17. The Morgan fingerprint density at radius 2 is 1.86 bits per heavy atom. The van der Waals surface area contributed by atoms with E-state index in [1.54, 1.807) is 0 Å². The molecule has 0 amide bonds. The highest BCUT2D eigenvalue weighted by molar-refractivity contribution is 5.75. The van der Waals surface area contributed by atoms with Crippen LogP contribution in [0.1, 0.15) is 30.9 Å². The molecule has 1 unspecified atom stereocenters. The monoisotopic (exact) mass is 297 g/mol. The molecule has 116 valence electrons. The molecule has 0 saturated heterocycles. The molecule has 3 heteroatoms. The minimum absolute atomic E-state index is 0.361. The summed E-state index contributed by atoms with van der Waals surface area (Å²) in [6.45, 7) is 2.16. The van der Waals surface area contributed by atoms with Crippen molar-refractivity contribution in [3.05, 3.63) is 59.7 Å². The summed E-state index contributed by atoms with van der Waals surface area (Å²) in [4.78, 5) is 11.2. The van der Waals surface area contributed by atoms with Crippen molar-refractivity contribution in [2.45, 2.75) is 38.6 Å². The first-order valence-corrected chi connectivity index (χ1v) is 7.78. The van der Waals surface area contributed by atoms with Gasteiger partial charge in [0.15, 0.2) is 0 Å². The molecule has 0 fully saturated rings. The fourth-order valence-corrected chi connectivity index (χ4v) is 2.67. The van der Waals surface area contributed by atoms with E-state index in [0.717, 1.165) is 36.0 Å². The number of carbonyl (C=O) groups is 1. The molecule has 0 aliphatic carbocycles. The van der Waals surface area contributed by atoms with E-state index < -0.39 is 12.0 Å². The number of aryl methyl sites for hydroxylation is 1. The molecule has 2 rings (SSSR count). The number of unbranched alkanes of at least 4 members (excludes halogenated alkanes) is 1. The van der Waals surface area contributed by atoms with Crippen LogP contribution in [0.5, 0.6) is 0 Å². The van der Waals surface area contributed by atoms with Crippen molar-refractivity contribution >= 4 is 5.97 Å². The quantitative estimate of drug-likeness (QED) is 0.820. The van der Waals surface area contributed by atoms with E-state index in [1.165, 1.54) is 5.56 Å². The van der Waals surface area contributed by atoms with Crippen LogP contribution in [-0.4, -0.2) is 17.1 Å². The maximum atomic E-state index is 11.2. The van der Waals surface area contributed by atoms with Gasteiger partial charge in [-0.1, -0.05) is 61.9 Å². The highest BCUT2D eigenvalue weighted by Crippen LogP contribution is 2.28. The Labute approximate surface area is 131 Å². The number of benzene rings is 2. The Morgan fingerprint density at radius 1 is 1.14 bits per heavy atom. The Morgan fingerprint density at radius 3 is 2.50 bits per heavy atom. The third-order valence-corrected chi connectivity index (χ3v) is 3.90. The number of carboxylic acids is 1. The summed E-state index contributed by atoms with van der Waals surface area (Å²) < 4.78 is 0. The number of carboxylic acid groups (broad SMARTS) is 1. The van der Waals surface area contributed by atoms with Crippen LogP contribution in [0.2, 0.25) is 0 Å². The number of nitrogens with two attached hydrogens (primary N) is 1. The molecule has 2 aromatic rings. The number of aliphatic carboxylic acids is 1. The Kier molecular flexibility index (Phi) is 5.73. The first-order valence-electron chi connectivity index (χ1n) is 7.78. The van der Waals surface area contributed by atoms with Gasteiger partial charge in [-0.15, -0.1) is 0 Å². The van der Waals surface area contributed by atoms with Gasteiger partial charge in [0.1, 0.15) is 6.04 Å². The van der Waals surface area contributed by atoms with Gasteiger partial charge in [-0.25, -0.2) is 0 Å². The first kappa shape index (κ1) is 16.2. The second-order valence-corrected chi connectivity index (χ2v) is 5.56. The van der Waals surface area contributed by atoms with E-state index in [1.807, 2.05) is 24.3 Å². The smallest absolute Gasteiger partial charge is 0.320 e. The normalized spacial score (nSPS) is 12.1. The Balaban J connectivity index is 2.45. The summed E-state index contributed by atoms with van der Waals surface area (Å²) in [6, 6.07) is 15.4. The fraction of sp³-hybridized carbons (Fsp3) is 0.316. The lowest BCUT2D eigenvalue weighted by atomic mass is 9.89. The van der Waals surface area contributed by atoms with Crippen LogP contribution < -0.4 is 5.73 Å². The van der Waals surface area contributed by atoms with Gasteiger partial charge in [0.25, 0.3) is 0 Å². The van der Waals surface area contributed by atoms with E-state index in [-0.39, 0.29) is 0 Å². The molecule has 2 aromatic carbocycles. The largest absolute Gasteiger partial charge is 0.480 e. The number of hydrogen-bond donors (Lipinski definition) is 2. The van der Waals surface area contributed by atoms with Gasteiger partial charge in [-0.2, -0.15) is 0 Å². The summed E-state index contributed by atoms with van der Waals surface area (Å²) >= 11 is 0. The summed E-state index contributed by atoms with van der Waals surface area (Å²) in [5, 5.41) is 9.15. The molecule has 22 heavy (non-hydrogen) atoms. The summed E-state index contributed by atoms with van der Waals surface area (Å²) in [6.07, 6.45) is 3.52. The van der Waals surface area contributed by atoms with Crippen molar-refractivity contribution in [3.8, 4) is 11.1 Å². The summed E-state index contributed by atoms with van der Waals surface area (Å²) in [7, 11) is 0. The summed E-state index contributed by atoms with van der Waals surface area (Å²) in [5.41, 5.74) is 10.3. The molecule has 0 saturated carbocycles. The predicted molar refractivity (Wildman–Crippen MR) is 89.8 cm³/mol. The third-order valence-electron chi connectivity index (χ3n) is 3.90. The van der Waals surface area contributed by atoms with Gasteiger partial charge in [0.05, 0.1) is 0 Å². The zero-order valence-corrected chi connectivity index (χ0v) is 13.0. The summed E-state index contributed by atoms with van der Waals surface area (Å²) in [5.74, 6) is -0.954. The minimum atomic E-state index is -0.954. The second kappa shape index (κ2) is 7.76. The lowest BCUT2D eigenvalue weighted by Crippen LogP contribution is -2.32. The first-order chi connectivity index (χ1) is 10.6. The average molecular weight is 297 g/mol. The predicted octanol–water partition coefficient (Wildman–Crippen LogP) is 3.65. The van der Waals surface area contributed by atoms with Crippen LogP contribution in [0.25, 0.3) is 11.1 Å². The van der Waals surface area contributed by atoms with Gasteiger partial charge < -0.3 is 10.8 Å². The van der Waals surface area contributed by atoms with Crippen molar-refractivity contribution in [3.63, 3.8) is 0 Å². The van der Waals surface area contributed by atoms with Crippen LogP contribution in [0.4, 0.5) is 0 Å². The fourth-order valence-electron chi connectivity index (χ4n) is 2.67. The van der Waals surface area contributed by atoms with E-state index in [0.29, 0.717) is 6.42 Å².